The van der Waals surface area contributed by atoms with E-state index in [1.54, 1.807) is 13.4 Å². The molecule has 168 valence electrons. The maximum absolute atomic E-state index is 13.2. The van der Waals surface area contributed by atoms with Crippen LogP contribution in [0.3, 0.4) is 0 Å². The second kappa shape index (κ2) is 9.15. The number of fused-ring (bicyclic) bond motifs is 1. The van der Waals surface area contributed by atoms with Crippen LogP contribution in [-0.2, 0) is 17.8 Å². The van der Waals surface area contributed by atoms with Gasteiger partial charge in [-0.25, -0.2) is 0 Å². The van der Waals surface area contributed by atoms with Crippen LogP contribution >= 0.6 is 11.8 Å². The first-order valence-electron chi connectivity index (χ1n) is 10.8. The van der Waals surface area contributed by atoms with Crippen molar-refractivity contribution in [2.45, 2.75) is 31.1 Å². The number of methoxy groups -OCH3 is 1. The Balaban J connectivity index is 1.39. The maximum atomic E-state index is 13.2. The molecule has 4 aromatic rings. The molecular formula is C25H24N4O3S. The van der Waals surface area contributed by atoms with Crippen LogP contribution in [-0.4, -0.2) is 39.6 Å². The molecular weight excluding hydrogens is 436 g/mol. The number of carbonyl (C=O) groups excluding carboxylic acids is 1. The van der Waals surface area contributed by atoms with E-state index < -0.39 is 0 Å². The zero-order chi connectivity index (χ0) is 22.8. The minimum absolute atomic E-state index is 0.0657. The molecule has 0 fully saturated rings. The van der Waals surface area contributed by atoms with Gasteiger partial charge in [-0.1, -0.05) is 30.0 Å². The van der Waals surface area contributed by atoms with Crippen molar-refractivity contribution in [3.8, 4) is 17.1 Å². The molecule has 0 aliphatic carbocycles. The van der Waals surface area contributed by atoms with Gasteiger partial charge >= 0.3 is 0 Å². The Kier molecular flexibility index (Phi) is 5.92. The van der Waals surface area contributed by atoms with Gasteiger partial charge in [0, 0.05) is 17.3 Å². The number of para-hydroxylation sites is 1. The summed E-state index contributed by atoms with van der Waals surface area (Å²) in [5.41, 5.74) is 3.13. The van der Waals surface area contributed by atoms with E-state index in [-0.39, 0.29) is 17.7 Å². The van der Waals surface area contributed by atoms with E-state index in [0.29, 0.717) is 17.5 Å². The minimum atomic E-state index is 0.0657. The molecule has 2 aromatic heterocycles. The van der Waals surface area contributed by atoms with Crippen LogP contribution in [0.5, 0.6) is 5.75 Å². The highest BCUT2D eigenvalue weighted by atomic mass is 32.2. The number of amides is 1. The summed E-state index contributed by atoms with van der Waals surface area (Å²) in [5, 5.41) is 9.52. The van der Waals surface area contributed by atoms with Crippen molar-refractivity contribution in [3.63, 3.8) is 0 Å². The van der Waals surface area contributed by atoms with Crippen molar-refractivity contribution in [1.82, 2.24) is 14.8 Å². The molecule has 3 heterocycles. The van der Waals surface area contributed by atoms with Gasteiger partial charge in [-0.05, 0) is 61.4 Å². The second-order valence-electron chi connectivity index (χ2n) is 7.93. The predicted molar refractivity (Wildman–Crippen MR) is 128 cm³/mol. The molecule has 0 bridgehead atoms. The van der Waals surface area contributed by atoms with E-state index in [1.165, 1.54) is 17.3 Å². The second-order valence-corrected chi connectivity index (χ2v) is 8.88. The van der Waals surface area contributed by atoms with E-state index in [1.807, 2.05) is 64.1 Å². The van der Waals surface area contributed by atoms with Crippen molar-refractivity contribution in [2.75, 3.05) is 17.8 Å². The largest absolute Gasteiger partial charge is 0.497 e. The predicted octanol–water partition coefficient (Wildman–Crippen LogP) is 4.66. The van der Waals surface area contributed by atoms with E-state index in [9.17, 15) is 4.79 Å². The number of rotatable bonds is 7. The Bertz CT molecular complexity index is 1250. The van der Waals surface area contributed by atoms with Gasteiger partial charge in [0.2, 0.25) is 5.91 Å². The van der Waals surface area contributed by atoms with Crippen molar-refractivity contribution in [1.29, 1.82) is 0 Å². The molecule has 0 saturated heterocycles. The topological polar surface area (TPSA) is 73.4 Å². The number of anilines is 1. The molecule has 0 spiro atoms. The third kappa shape index (κ3) is 4.26. The van der Waals surface area contributed by atoms with Crippen LogP contribution in [0.1, 0.15) is 18.2 Å². The summed E-state index contributed by atoms with van der Waals surface area (Å²) in [6.07, 6.45) is 2.53. The number of benzene rings is 2. The van der Waals surface area contributed by atoms with E-state index in [4.69, 9.17) is 9.15 Å². The number of ether oxygens (including phenoxy) is 1. The fraction of sp³-hybridized carbons (Fsp3) is 0.240. The molecule has 0 radical (unpaired) electrons. The van der Waals surface area contributed by atoms with Crippen molar-refractivity contribution in [2.24, 2.45) is 0 Å². The zero-order valence-corrected chi connectivity index (χ0v) is 19.3. The lowest BCUT2D eigenvalue weighted by Crippen LogP contribution is -2.37. The Morgan fingerprint density at radius 3 is 2.70 bits per heavy atom. The van der Waals surface area contributed by atoms with Crippen LogP contribution < -0.4 is 9.64 Å². The van der Waals surface area contributed by atoms with Crippen LogP contribution in [0.15, 0.2) is 76.5 Å². The lowest BCUT2D eigenvalue weighted by molar-refractivity contribution is -0.116. The van der Waals surface area contributed by atoms with E-state index >= 15 is 0 Å². The van der Waals surface area contributed by atoms with Crippen molar-refractivity contribution >= 4 is 23.4 Å². The molecule has 1 aliphatic rings. The van der Waals surface area contributed by atoms with Gasteiger partial charge in [0.05, 0.1) is 25.7 Å². The third-order valence-electron chi connectivity index (χ3n) is 5.76. The molecule has 2 aromatic carbocycles. The summed E-state index contributed by atoms with van der Waals surface area (Å²) in [4.78, 5) is 15.1. The zero-order valence-electron chi connectivity index (χ0n) is 18.5. The van der Waals surface area contributed by atoms with Crippen LogP contribution in [0.25, 0.3) is 11.4 Å². The van der Waals surface area contributed by atoms with Crippen LogP contribution in [0.4, 0.5) is 5.69 Å². The SMILES string of the molecule is COc1ccc(-c2nnc(SCC(=O)N3c4ccccc4CC3C)n2Cc2ccco2)cc1. The molecule has 5 rings (SSSR count). The highest BCUT2D eigenvalue weighted by Gasteiger charge is 2.30. The maximum Gasteiger partial charge on any atom is 0.237 e. The molecule has 0 N–H and O–H groups in total. The molecule has 1 amide bonds. The molecule has 0 saturated carbocycles. The standard InChI is InChI=1S/C25H24N4O3S/c1-17-14-19-6-3-4-8-22(19)29(17)23(30)16-33-25-27-26-24(18-9-11-20(31-2)12-10-18)28(25)15-21-7-5-13-32-21/h3-13,17H,14-16H2,1-2H3. The lowest BCUT2D eigenvalue weighted by atomic mass is 10.1. The average molecular weight is 461 g/mol. The first kappa shape index (κ1) is 21.3. The summed E-state index contributed by atoms with van der Waals surface area (Å²) in [6, 6.07) is 19.7. The van der Waals surface area contributed by atoms with Gasteiger partial charge in [0.25, 0.3) is 0 Å². The number of carbonyl (C=O) groups is 1. The number of hydrogen-bond donors (Lipinski definition) is 0. The molecule has 1 atom stereocenters. The summed E-state index contributed by atoms with van der Waals surface area (Å²) in [6.45, 7) is 2.56. The Morgan fingerprint density at radius 2 is 1.94 bits per heavy atom. The normalized spacial score (nSPS) is 15.0. The monoisotopic (exact) mass is 460 g/mol. The molecule has 8 heteroatoms. The fourth-order valence-electron chi connectivity index (χ4n) is 4.19. The molecule has 1 aliphatic heterocycles. The number of nitrogens with zero attached hydrogens (tertiary/aromatic N) is 4. The highest BCUT2D eigenvalue weighted by Crippen LogP contribution is 2.33. The summed E-state index contributed by atoms with van der Waals surface area (Å²) in [5.74, 6) is 2.62. The van der Waals surface area contributed by atoms with Crippen LogP contribution in [0, 0.1) is 0 Å². The van der Waals surface area contributed by atoms with Gasteiger partial charge in [-0.2, -0.15) is 0 Å². The quantitative estimate of drug-likeness (QED) is 0.373. The van der Waals surface area contributed by atoms with Gasteiger partial charge in [-0.15, -0.1) is 10.2 Å². The van der Waals surface area contributed by atoms with Gasteiger partial charge in [-0.3, -0.25) is 9.36 Å². The average Bonchev–Trinajstić information content (AvgIpc) is 3.56. The molecule has 33 heavy (non-hydrogen) atoms. The Hall–Kier alpha value is -3.52. The number of thioether (sulfide) groups is 1. The van der Waals surface area contributed by atoms with Gasteiger partial charge in [0.15, 0.2) is 11.0 Å². The van der Waals surface area contributed by atoms with Crippen molar-refractivity contribution in [3.05, 3.63) is 78.3 Å². The van der Waals surface area contributed by atoms with E-state index in [2.05, 4.69) is 23.2 Å². The lowest BCUT2D eigenvalue weighted by Gasteiger charge is -2.22. The molecule has 1 unspecified atom stereocenters. The number of furan rings is 1. The Morgan fingerprint density at radius 1 is 1.12 bits per heavy atom. The van der Waals surface area contributed by atoms with Crippen molar-refractivity contribution < 1.29 is 13.9 Å². The summed E-state index contributed by atoms with van der Waals surface area (Å²) < 4.78 is 12.8. The first-order valence-corrected chi connectivity index (χ1v) is 11.8. The van der Waals surface area contributed by atoms with Gasteiger partial charge in [0.1, 0.15) is 11.5 Å². The minimum Gasteiger partial charge on any atom is -0.497 e. The highest BCUT2D eigenvalue weighted by molar-refractivity contribution is 7.99. The summed E-state index contributed by atoms with van der Waals surface area (Å²) in [7, 11) is 1.64. The third-order valence-corrected chi connectivity index (χ3v) is 6.71. The van der Waals surface area contributed by atoms with Crippen LogP contribution in [0.2, 0.25) is 0 Å². The van der Waals surface area contributed by atoms with E-state index in [0.717, 1.165) is 29.2 Å². The Labute approximate surface area is 196 Å². The molecule has 7 nitrogen and oxygen atoms in total. The first-order chi connectivity index (χ1) is 16.1. The fourth-order valence-corrected chi connectivity index (χ4v) is 4.99. The number of aromatic nitrogens is 3. The van der Waals surface area contributed by atoms with Gasteiger partial charge < -0.3 is 14.1 Å². The summed E-state index contributed by atoms with van der Waals surface area (Å²) >= 11 is 1.40. The number of hydrogen-bond acceptors (Lipinski definition) is 6. The smallest absolute Gasteiger partial charge is 0.237 e.